The fraction of sp³-hybridized carbons (Fsp3) is 0.208. The average Bonchev–Trinajstić information content (AvgIpc) is 3.20. The number of aryl methyl sites for hydroxylation is 2. The van der Waals surface area contributed by atoms with Crippen LogP contribution in [0.3, 0.4) is 0 Å². The van der Waals surface area contributed by atoms with Gasteiger partial charge in [0.05, 0.1) is 18.2 Å². The highest BCUT2D eigenvalue weighted by molar-refractivity contribution is 6.09. The lowest BCUT2D eigenvalue weighted by atomic mass is 9.96. The molecule has 0 aliphatic heterocycles. The third kappa shape index (κ3) is 3.90. The Labute approximate surface area is 172 Å². The van der Waals surface area contributed by atoms with Crippen molar-refractivity contribution in [2.24, 2.45) is 0 Å². The predicted octanol–water partition coefficient (Wildman–Crippen LogP) is 6.12. The molecule has 3 aromatic carbocycles. The molecule has 1 aliphatic carbocycles. The molecule has 0 bridgehead atoms. The van der Waals surface area contributed by atoms with Gasteiger partial charge in [0.1, 0.15) is 5.75 Å². The second-order valence-electron chi connectivity index (χ2n) is 7.25. The highest BCUT2D eigenvalue weighted by atomic mass is 19.4. The fourth-order valence-electron chi connectivity index (χ4n) is 3.86. The predicted molar refractivity (Wildman–Crippen MR) is 110 cm³/mol. The van der Waals surface area contributed by atoms with E-state index >= 15 is 0 Å². The van der Waals surface area contributed by atoms with E-state index in [2.05, 4.69) is 5.32 Å². The molecule has 0 saturated carbocycles. The Morgan fingerprint density at radius 2 is 1.70 bits per heavy atom. The highest BCUT2D eigenvalue weighted by Crippen LogP contribution is 2.36. The van der Waals surface area contributed by atoms with Gasteiger partial charge in [-0.2, -0.15) is 13.2 Å². The van der Waals surface area contributed by atoms with Crippen LogP contribution in [0.4, 0.5) is 18.9 Å². The van der Waals surface area contributed by atoms with E-state index < -0.39 is 11.7 Å². The van der Waals surface area contributed by atoms with Crippen molar-refractivity contribution in [3.8, 4) is 16.9 Å². The number of ether oxygens (including phenoxy) is 1. The maximum atomic E-state index is 13.1. The molecule has 0 aromatic heterocycles. The first-order valence-electron chi connectivity index (χ1n) is 9.64. The van der Waals surface area contributed by atoms with Crippen LogP contribution >= 0.6 is 0 Å². The van der Waals surface area contributed by atoms with Gasteiger partial charge in [-0.1, -0.05) is 24.3 Å². The number of benzene rings is 3. The Hall–Kier alpha value is -3.28. The lowest BCUT2D eigenvalue weighted by molar-refractivity contribution is -0.137. The van der Waals surface area contributed by atoms with Gasteiger partial charge < -0.3 is 10.1 Å². The number of methoxy groups -OCH3 is 1. The molecule has 1 amide bonds. The van der Waals surface area contributed by atoms with Gasteiger partial charge in [-0.05, 0) is 72.4 Å². The second-order valence-corrected chi connectivity index (χ2v) is 7.25. The molecule has 6 heteroatoms. The summed E-state index contributed by atoms with van der Waals surface area (Å²) >= 11 is 0. The van der Waals surface area contributed by atoms with Crippen LogP contribution in [0.2, 0.25) is 0 Å². The molecule has 1 aliphatic rings. The topological polar surface area (TPSA) is 38.3 Å². The first kappa shape index (κ1) is 20.0. The zero-order chi connectivity index (χ0) is 21.3. The van der Waals surface area contributed by atoms with Crippen LogP contribution in [0.5, 0.6) is 5.75 Å². The van der Waals surface area contributed by atoms with Gasteiger partial charge in [0, 0.05) is 11.3 Å². The molecule has 154 valence electrons. The molecular weight excluding hydrogens is 391 g/mol. The molecular formula is C24H20F3NO2. The van der Waals surface area contributed by atoms with Crippen molar-refractivity contribution in [1.82, 2.24) is 0 Å². The summed E-state index contributed by atoms with van der Waals surface area (Å²) < 4.78 is 44.2. The van der Waals surface area contributed by atoms with Crippen LogP contribution in [-0.2, 0) is 19.0 Å². The van der Waals surface area contributed by atoms with Crippen molar-refractivity contribution >= 4 is 11.6 Å². The van der Waals surface area contributed by atoms with Crippen LogP contribution in [0.1, 0.15) is 33.5 Å². The molecule has 3 nitrogen and oxygen atoms in total. The van der Waals surface area contributed by atoms with E-state index in [0.717, 1.165) is 31.4 Å². The van der Waals surface area contributed by atoms with E-state index in [-0.39, 0.29) is 5.91 Å². The van der Waals surface area contributed by atoms with Crippen LogP contribution in [0, 0.1) is 0 Å². The minimum atomic E-state index is -4.42. The minimum Gasteiger partial charge on any atom is -0.496 e. The number of anilines is 1. The van der Waals surface area contributed by atoms with Gasteiger partial charge in [-0.15, -0.1) is 0 Å². The zero-order valence-electron chi connectivity index (χ0n) is 16.3. The van der Waals surface area contributed by atoms with Gasteiger partial charge in [0.25, 0.3) is 5.91 Å². The molecule has 0 spiro atoms. The molecule has 4 rings (SSSR count). The minimum absolute atomic E-state index is 0.328. The molecule has 0 atom stereocenters. The number of amides is 1. The zero-order valence-corrected chi connectivity index (χ0v) is 16.3. The maximum absolute atomic E-state index is 13.1. The molecule has 0 saturated heterocycles. The van der Waals surface area contributed by atoms with Crippen LogP contribution in [0.25, 0.3) is 11.1 Å². The summed E-state index contributed by atoms with van der Waals surface area (Å²) in [6.07, 6.45) is -1.26. The van der Waals surface area contributed by atoms with Crippen LogP contribution < -0.4 is 10.1 Å². The van der Waals surface area contributed by atoms with Gasteiger partial charge in [-0.25, -0.2) is 0 Å². The highest BCUT2D eigenvalue weighted by Gasteiger charge is 2.30. The number of hydrogen-bond donors (Lipinski definition) is 1. The molecule has 3 aromatic rings. The quantitative estimate of drug-likeness (QED) is 0.562. The lowest BCUT2D eigenvalue weighted by Crippen LogP contribution is -2.14. The number of nitrogens with one attached hydrogen (secondary N) is 1. The van der Waals surface area contributed by atoms with Crippen molar-refractivity contribution in [3.05, 3.63) is 82.9 Å². The SMILES string of the molecule is COc1cccc(C(=O)Nc2ccc3c(c2)CCC3)c1-c1ccc(C(F)(F)F)cc1. The van der Waals surface area contributed by atoms with E-state index in [4.69, 9.17) is 4.74 Å². The first-order chi connectivity index (χ1) is 14.4. The number of halogens is 3. The van der Waals surface area contributed by atoms with Crippen molar-refractivity contribution < 1.29 is 22.7 Å². The van der Waals surface area contributed by atoms with Gasteiger partial charge in [0.2, 0.25) is 0 Å². The van der Waals surface area contributed by atoms with E-state index in [1.54, 1.807) is 18.2 Å². The Balaban J connectivity index is 1.69. The average molecular weight is 411 g/mol. The standard InChI is InChI=1S/C24H20F3NO2/c1-30-21-7-3-6-20(22(21)16-8-11-18(12-9-16)24(25,26)27)23(29)28-19-13-10-15-4-2-5-17(15)14-19/h3,6-14H,2,4-5H2,1H3,(H,28,29). The largest absolute Gasteiger partial charge is 0.496 e. The summed E-state index contributed by atoms with van der Waals surface area (Å²) in [6, 6.07) is 15.6. The van der Waals surface area contributed by atoms with Gasteiger partial charge in [-0.3, -0.25) is 4.79 Å². The molecule has 0 radical (unpaired) electrons. The number of carbonyl (C=O) groups excluding carboxylic acids is 1. The number of fused-ring (bicyclic) bond motifs is 1. The van der Waals surface area contributed by atoms with Crippen molar-refractivity contribution in [1.29, 1.82) is 0 Å². The Morgan fingerprint density at radius 3 is 2.40 bits per heavy atom. The molecule has 0 heterocycles. The Bertz CT molecular complexity index is 1090. The van der Waals surface area contributed by atoms with Gasteiger partial charge >= 0.3 is 6.18 Å². The summed E-state index contributed by atoms with van der Waals surface area (Å²) in [5.74, 6) is 0.0677. The van der Waals surface area contributed by atoms with E-state index in [0.29, 0.717) is 28.1 Å². The van der Waals surface area contributed by atoms with Crippen molar-refractivity contribution in [3.63, 3.8) is 0 Å². The summed E-state index contributed by atoms with van der Waals surface area (Å²) in [5.41, 5.74) is 3.75. The van der Waals surface area contributed by atoms with E-state index in [1.165, 1.54) is 30.4 Å². The smallest absolute Gasteiger partial charge is 0.416 e. The second kappa shape index (κ2) is 7.86. The number of rotatable bonds is 4. The van der Waals surface area contributed by atoms with Crippen molar-refractivity contribution in [2.75, 3.05) is 12.4 Å². The number of alkyl halides is 3. The monoisotopic (exact) mass is 411 g/mol. The molecule has 1 N–H and O–H groups in total. The normalized spacial score (nSPS) is 13.1. The molecule has 0 unspecified atom stereocenters. The Kier molecular flexibility index (Phi) is 5.24. The fourth-order valence-corrected chi connectivity index (χ4v) is 3.86. The van der Waals surface area contributed by atoms with E-state index in [1.807, 2.05) is 18.2 Å². The first-order valence-corrected chi connectivity index (χ1v) is 9.64. The third-order valence-electron chi connectivity index (χ3n) is 5.35. The maximum Gasteiger partial charge on any atom is 0.416 e. The summed E-state index contributed by atoms with van der Waals surface area (Å²) in [4.78, 5) is 13.1. The summed E-state index contributed by atoms with van der Waals surface area (Å²) in [7, 11) is 1.46. The molecule has 0 fully saturated rings. The lowest BCUT2D eigenvalue weighted by Gasteiger charge is -2.15. The number of carbonyl (C=O) groups is 1. The van der Waals surface area contributed by atoms with Crippen molar-refractivity contribution in [2.45, 2.75) is 25.4 Å². The summed E-state index contributed by atoms with van der Waals surface area (Å²) in [6.45, 7) is 0. The summed E-state index contributed by atoms with van der Waals surface area (Å²) in [5, 5.41) is 2.91. The molecule has 30 heavy (non-hydrogen) atoms. The third-order valence-corrected chi connectivity index (χ3v) is 5.35. The van der Waals surface area contributed by atoms with Crippen LogP contribution in [0.15, 0.2) is 60.7 Å². The van der Waals surface area contributed by atoms with Gasteiger partial charge in [0.15, 0.2) is 0 Å². The van der Waals surface area contributed by atoms with E-state index in [9.17, 15) is 18.0 Å². The Morgan fingerprint density at radius 1 is 0.967 bits per heavy atom. The van der Waals surface area contributed by atoms with Crippen LogP contribution in [-0.4, -0.2) is 13.0 Å². The number of hydrogen-bond acceptors (Lipinski definition) is 2.